The molecule has 0 spiro atoms. The lowest BCUT2D eigenvalue weighted by molar-refractivity contribution is -0.384. The van der Waals surface area contributed by atoms with Crippen molar-refractivity contribution in [1.82, 2.24) is 10.2 Å². The number of nitro benzene ring substituents is 1. The third-order valence-electron chi connectivity index (χ3n) is 2.72. The molecule has 0 aliphatic carbocycles. The number of hydrogen-bond donors (Lipinski definition) is 2. The Balaban J connectivity index is 0.00000484. The Bertz CT molecular complexity index is 579. The number of rotatable bonds is 9. The average molecular weight is 344 g/mol. The number of carbonyl (C=O) groups is 2. The van der Waals surface area contributed by atoms with E-state index in [4.69, 9.17) is 5.11 Å². The zero-order valence-corrected chi connectivity index (χ0v) is 13.1. The van der Waals surface area contributed by atoms with Crippen LogP contribution < -0.4 is 5.32 Å². The van der Waals surface area contributed by atoms with Crippen LogP contribution in [-0.2, 0) is 16.1 Å². The van der Waals surface area contributed by atoms with E-state index in [9.17, 15) is 19.7 Å². The van der Waals surface area contributed by atoms with Gasteiger partial charge in [0.1, 0.15) is 6.54 Å². The van der Waals surface area contributed by atoms with E-state index in [-0.39, 0.29) is 24.6 Å². The molecule has 0 aliphatic rings. The molecule has 23 heavy (non-hydrogen) atoms. The summed E-state index contributed by atoms with van der Waals surface area (Å²) < 4.78 is 0. The fraction of sp³-hybridized carbons (Fsp3) is 0.286. The molecule has 2 N–H and O–H groups in total. The molecule has 0 aromatic heterocycles. The molecule has 1 rings (SSSR count). The number of nitro groups is 1. The minimum Gasteiger partial charge on any atom is -0.480 e. The van der Waals surface area contributed by atoms with Gasteiger partial charge in [-0.1, -0.05) is 18.2 Å². The fourth-order valence-corrected chi connectivity index (χ4v) is 1.83. The molecule has 0 aliphatic heterocycles. The zero-order valence-electron chi connectivity index (χ0n) is 12.3. The van der Waals surface area contributed by atoms with Gasteiger partial charge in [0.05, 0.1) is 11.5 Å². The highest BCUT2D eigenvalue weighted by Crippen LogP contribution is 2.14. The predicted molar refractivity (Wildman–Crippen MR) is 86.5 cm³/mol. The second-order valence-electron chi connectivity index (χ2n) is 4.56. The second kappa shape index (κ2) is 10.3. The molecule has 0 atom stereocenters. The van der Waals surface area contributed by atoms with Crippen molar-refractivity contribution in [3.05, 3.63) is 52.6 Å². The monoisotopic (exact) mass is 343 g/mol. The number of aliphatic carboxylic acids is 1. The molecule has 1 aromatic carbocycles. The summed E-state index contributed by atoms with van der Waals surface area (Å²) in [6.07, 6.45) is 1.60. The van der Waals surface area contributed by atoms with Crippen LogP contribution in [0, 0.1) is 10.1 Å². The van der Waals surface area contributed by atoms with E-state index in [1.807, 2.05) is 0 Å². The number of amides is 1. The van der Waals surface area contributed by atoms with E-state index >= 15 is 0 Å². The van der Waals surface area contributed by atoms with Crippen molar-refractivity contribution >= 4 is 30.0 Å². The maximum absolute atomic E-state index is 11.6. The molecule has 0 unspecified atom stereocenters. The van der Waals surface area contributed by atoms with Gasteiger partial charge < -0.3 is 10.4 Å². The Kier molecular flexibility index (Phi) is 9.21. The van der Waals surface area contributed by atoms with Crippen LogP contribution in [0.25, 0.3) is 0 Å². The first kappa shape index (κ1) is 20.6. The molecule has 0 radical (unpaired) electrons. The molecular weight excluding hydrogens is 326 g/mol. The van der Waals surface area contributed by atoms with Crippen molar-refractivity contribution in [3.8, 4) is 0 Å². The minimum absolute atomic E-state index is 0. The Morgan fingerprint density at radius 3 is 2.70 bits per heavy atom. The predicted octanol–water partition coefficient (Wildman–Crippen LogP) is 1.21. The molecule has 8 nitrogen and oxygen atoms in total. The van der Waals surface area contributed by atoms with Gasteiger partial charge in [0.25, 0.3) is 5.69 Å². The third-order valence-corrected chi connectivity index (χ3v) is 2.72. The van der Waals surface area contributed by atoms with Crippen molar-refractivity contribution in [2.24, 2.45) is 0 Å². The number of benzene rings is 1. The fourth-order valence-electron chi connectivity index (χ4n) is 1.83. The van der Waals surface area contributed by atoms with Gasteiger partial charge in [0.2, 0.25) is 5.91 Å². The van der Waals surface area contributed by atoms with Gasteiger partial charge in [-0.15, -0.1) is 19.0 Å². The largest absolute Gasteiger partial charge is 0.480 e. The quantitative estimate of drug-likeness (QED) is 0.396. The third kappa shape index (κ3) is 7.93. The summed E-state index contributed by atoms with van der Waals surface area (Å²) >= 11 is 0. The first-order valence-electron chi connectivity index (χ1n) is 6.47. The van der Waals surface area contributed by atoms with E-state index in [1.165, 1.54) is 12.1 Å². The summed E-state index contributed by atoms with van der Waals surface area (Å²) in [5.74, 6) is -1.56. The highest BCUT2D eigenvalue weighted by atomic mass is 35.5. The molecule has 126 valence electrons. The van der Waals surface area contributed by atoms with Gasteiger partial charge in [-0.3, -0.25) is 24.6 Å². The first-order valence-corrected chi connectivity index (χ1v) is 6.47. The van der Waals surface area contributed by atoms with E-state index < -0.39 is 23.3 Å². The molecule has 0 bridgehead atoms. The van der Waals surface area contributed by atoms with Gasteiger partial charge in [-0.2, -0.15) is 0 Å². The molecule has 0 saturated heterocycles. The maximum Gasteiger partial charge on any atom is 0.322 e. The normalized spacial score (nSPS) is 9.78. The number of nitrogens with one attached hydrogen (secondary N) is 1. The van der Waals surface area contributed by atoms with E-state index in [2.05, 4.69) is 11.9 Å². The van der Waals surface area contributed by atoms with Gasteiger partial charge in [0, 0.05) is 25.2 Å². The molecule has 1 amide bonds. The maximum atomic E-state index is 11.6. The zero-order chi connectivity index (χ0) is 16.5. The van der Waals surface area contributed by atoms with Crippen molar-refractivity contribution < 1.29 is 19.6 Å². The molecule has 9 heteroatoms. The number of nitrogens with zero attached hydrogens (tertiary/aromatic N) is 2. The van der Waals surface area contributed by atoms with Crippen molar-refractivity contribution in [2.45, 2.75) is 6.54 Å². The van der Waals surface area contributed by atoms with Crippen LogP contribution in [-0.4, -0.2) is 46.4 Å². The van der Waals surface area contributed by atoms with E-state index in [0.717, 1.165) is 0 Å². The Hall–Kier alpha value is -2.45. The van der Waals surface area contributed by atoms with Crippen LogP contribution in [0.3, 0.4) is 0 Å². The van der Waals surface area contributed by atoms with Crippen LogP contribution in [0.15, 0.2) is 36.9 Å². The Morgan fingerprint density at radius 2 is 2.13 bits per heavy atom. The summed E-state index contributed by atoms with van der Waals surface area (Å²) in [4.78, 5) is 34.0. The summed E-state index contributed by atoms with van der Waals surface area (Å²) in [7, 11) is 0. The van der Waals surface area contributed by atoms with Crippen LogP contribution in [0.2, 0.25) is 0 Å². The van der Waals surface area contributed by atoms with Crippen LogP contribution in [0.1, 0.15) is 5.56 Å². The number of carboxylic acid groups (broad SMARTS) is 1. The molecule has 0 saturated carbocycles. The summed E-state index contributed by atoms with van der Waals surface area (Å²) in [6.45, 7) is 3.83. The number of carboxylic acids is 1. The van der Waals surface area contributed by atoms with Crippen molar-refractivity contribution in [2.75, 3.05) is 19.6 Å². The van der Waals surface area contributed by atoms with Crippen molar-refractivity contribution in [1.29, 1.82) is 0 Å². The standard InChI is InChI=1S/C14H17N3O5.ClH/c1-2-6-16(10-13(18)15-8-14(19)20)9-11-4-3-5-12(7-11)17(21)22;/h2-5,7H,1,6,8-10H2,(H,15,18)(H,19,20);1H. The Labute approximate surface area is 139 Å². The Morgan fingerprint density at radius 1 is 1.43 bits per heavy atom. The molecular formula is C14H18ClN3O5. The number of hydrogen-bond acceptors (Lipinski definition) is 5. The first-order chi connectivity index (χ1) is 10.4. The second-order valence-corrected chi connectivity index (χ2v) is 4.56. The van der Waals surface area contributed by atoms with E-state index in [0.29, 0.717) is 18.7 Å². The van der Waals surface area contributed by atoms with E-state index in [1.54, 1.807) is 23.1 Å². The van der Waals surface area contributed by atoms with Gasteiger partial charge in [-0.25, -0.2) is 0 Å². The number of non-ortho nitro benzene ring substituents is 1. The smallest absolute Gasteiger partial charge is 0.322 e. The SMILES string of the molecule is C=CCN(CC(=O)NCC(=O)O)Cc1cccc([N+](=O)[O-])c1.Cl. The van der Waals surface area contributed by atoms with Gasteiger partial charge >= 0.3 is 5.97 Å². The number of halogens is 1. The summed E-state index contributed by atoms with van der Waals surface area (Å²) in [5, 5.41) is 21.5. The summed E-state index contributed by atoms with van der Waals surface area (Å²) in [6, 6.07) is 6.12. The number of carbonyl (C=O) groups excluding carboxylic acids is 1. The highest BCUT2D eigenvalue weighted by Gasteiger charge is 2.13. The van der Waals surface area contributed by atoms with Gasteiger partial charge in [0.15, 0.2) is 0 Å². The lowest BCUT2D eigenvalue weighted by atomic mass is 10.2. The van der Waals surface area contributed by atoms with Crippen LogP contribution in [0.4, 0.5) is 5.69 Å². The molecule has 0 heterocycles. The molecule has 1 aromatic rings. The van der Waals surface area contributed by atoms with Crippen molar-refractivity contribution in [3.63, 3.8) is 0 Å². The highest BCUT2D eigenvalue weighted by molar-refractivity contribution is 5.85. The van der Waals surface area contributed by atoms with Crippen LogP contribution in [0.5, 0.6) is 0 Å². The summed E-state index contributed by atoms with van der Waals surface area (Å²) in [5.41, 5.74) is 0.661. The average Bonchev–Trinajstić information content (AvgIpc) is 2.45. The lowest BCUT2D eigenvalue weighted by Crippen LogP contribution is -2.39. The topological polar surface area (TPSA) is 113 Å². The van der Waals surface area contributed by atoms with Gasteiger partial charge in [-0.05, 0) is 5.56 Å². The van der Waals surface area contributed by atoms with Crippen LogP contribution >= 0.6 is 12.4 Å². The lowest BCUT2D eigenvalue weighted by Gasteiger charge is -2.19. The molecule has 0 fully saturated rings. The minimum atomic E-state index is -1.12.